The molecule has 0 aliphatic heterocycles. The molecule has 3 rings (SSSR count). The highest BCUT2D eigenvalue weighted by molar-refractivity contribution is 5.80. The van der Waals surface area contributed by atoms with Gasteiger partial charge in [-0.15, -0.1) is 5.10 Å². The van der Waals surface area contributed by atoms with Gasteiger partial charge in [0.25, 0.3) is 11.8 Å². The van der Waals surface area contributed by atoms with Crippen molar-refractivity contribution in [3.05, 3.63) is 42.4 Å². The molecule has 0 aliphatic carbocycles. The highest BCUT2D eigenvalue weighted by Gasteiger charge is 2.14. The van der Waals surface area contributed by atoms with Gasteiger partial charge in [-0.3, -0.25) is 4.79 Å². The molecule has 0 aliphatic rings. The maximum atomic E-state index is 12.1. The zero-order chi connectivity index (χ0) is 17.6. The van der Waals surface area contributed by atoms with Crippen molar-refractivity contribution in [1.82, 2.24) is 30.5 Å². The van der Waals surface area contributed by atoms with Crippen molar-refractivity contribution >= 4 is 5.91 Å². The molecule has 1 N–H and O–H groups in total. The number of aromatic nitrogens is 5. The monoisotopic (exact) mass is 342 g/mol. The minimum absolute atomic E-state index is 0.197. The van der Waals surface area contributed by atoms with Crippen LogP contribution >= 0.6 is 0 Å². The first-order valence-corrected chi connectivity index (χ1v) is 7.82. The van der Waals surface area contributed by atoms with Crippen LogP contribution in [0.25, 0.3) is 11.6 Å². The van der Waals surface area contributed by atoms with Gasteiger partial charge in [0.15, 0.2) is 17.6 Å². The van der Waals surface area contributed by atoms with Crippen LogP contribution in [0.4, 0.5) is 0 Å². The number of hydrogen-bond donors (Lipinski definition) is 1. The topological polar surface area (TPSA) is 108 Å². The molecule has 0 unspecified atom stereocenters. The van der Waals surface area contributed by atoms with Crippen LogP contribution in [0.15, 0.2) is 41.1 Å². The van der Waals surface area contributed by atoms with E-state index in [2.05, 4.69) is 25.8 Å². The first-order chi connectivity index (χ1) is 12.1. The van der Waals surface area contributed by atoms with Gasteiger partial charge in [0, 0.05) is 6.54 Å². The van der Waals surface area contributed by atoms with E-state index in [-0.39, 0.29) is 5.91 Å². The zero-order valence-electron chi connectivity index (χ0n) is 13.9. The maximum absolute atomic E-state index is 12.1. The minimum atomic E-state index is -0.588. The van der Waals surface area contributed by atoms with Gasteiger partial charge in [-0.25, -0.2) is 4.68 Å². The lowest BCUT2D eigenvalue weighted by Crippen LogP contribution is -2.38. The van der Waals surface area contributed by atoms with Gasteiger partial charge in [0.2, 0.25) is 0 Å². The van der Waals surface area contributed by atoms with Gasteiger partial charge in [-0.2, -0.15) is 4.98 Å². The second-order valence-electron chi connectivity index (χ2n) is 5.38. The third-order valence-corrected chi connectivity index (χ3v) is 3.35. The van der Waals surface area contributed by atoms with Crippen molar-refractivity contribution in [2.75, 3.05) is 6.54 Å². The van der Waals surface area contributed by atoms with Crippen LogP contribution in [0.2, 0.25) is 0 Å². The summed E-state index contributed by atoms with van der Waals surface area (Å²) in [7, 11) is 0. The molecule has 0 fully saturated rings. The van der Waals surface area contributed by atoms with Crippen LogP contribution in [0.5, 0.6) is 5.75 Å². The first-order valence-electron chi connectivity index (χ1n) is 7.82. The molecule has 0 saturated carbocycles. The van der Waals surface area contributed by atoms with E-state index in [9.17, 15) is 4.79 Å². The van der Waals surface area contributed by atoms with Crippen LogP contribution in [0.3, 0.4) is 0 Å². The molecule has 9 nitrogen and oxygen atoms in total. The molecule has 130 valence electrons. The predicted octanol–water partition coefficient (Wildman–Crippen LogP) is 1.22. The molecular weight excluding hydrogens is 324 g/mol. The van der Waals surface area contributed by atoms with Crippen LogP contribution in [-0.4, -0.2) is 43.7 Å². The molecule has 0 radical (unpaired) electrons. The lowest BCUT2D eigenvalue weighted by molar-refractivity contribution is -0.127. The number of rotatable bonds is 7. The van der Waals surface area contributed by atoms with E-state index in [1.807, 2.05) is 18.2 Å². The molecule has 25 heavy (non-hydrogen) atoms. The Bertz CT molecular complexity index is 829. The van der Waals surface area contributed by atoms with Gasteiger partial charge < -0.3 is 14.6 Å². The van der Waals surface area contributed by atoms with E-state index < -0.39 is 6.10 Å². The summed E-state index contributed by atoms with van der Waals surface area (Å²) in [5, 5.41) is 14.4. The average Bonchev–Trinajstić information content (AvgIpc) is 3.24. The second-order valence-corrected chi connectivity index (χ2v) is 5.38. The van der Waals surface area contributed by atoms with E-state index in [4.69, 9.17) is 9.26 Å². The Morgan fingerprint density at radius 2 is 2.16 bits per heavy atom. The SMILES string of the molecule is Cc1noc(-c2cn(CCNC(=O)[C@@H](C)Oc3ccccc3)nn2)n1. The van der Waals surface area contributed by atoms with Crippen molar-refractivity contribution in [3.8, 4) is 17.3 Å². The molecule has 0 saturated heterocycles. The number of ether oxygens (including phenoxy) is 1. The van der Waals surface area contributed by atoms with Gasteiger partial charge in [0.05, 0.1) is 12.7 Å². The lowest BCUT2D eigenvalue weighted by Gasteiger charge is -2.14. The van der Waals surface area contributed by atoms with E-state index in [0.29, 0.717) is 36.2 Å². The summed E-state index contributed by atoms with van der Waals surface area (Å²) >= 11 is 0. The second kappa shape index (κ2) is 7.56. The summed E-state index contributed by atoms with van der Waals surface area (Å²) in [5.41, 5.74) is 0.493. The number of nitrogens with one attached hydrogen (secondary N) is 1. The zero-order valence-corrected chi connectivity index (χ0v) is 13.9. The fourth-order valence-corrected chi connectivity index (χ4v) is 2.10. The van der Waals surface area contributed by atoms with E-state index in [1.165, 1.54) is 0 Å². The van der Waals surface area contributed by atoms with Gasteiger partial charge in [-0.05, 0) is 26.0 Å². The number of carbonyl (C=O) groups excluding carboxylic acids is 1. The Labute approximate surface area is 144 Å². The Morgan fingerprint density at radius 3 is 2.88 bits per heavy atom. The fourth-order valence-electron chi connectivity index (χ4n) is 2.10. The summed E-state index contributed by atoms with van der Waals surface area (Å²) in [6.45, 7) is 4.29. The van der Waals surface area contributed by atoms with E-state index in [0.717, 1.165) is 0 Å². The van der Waals surface area contributed by atoms with Crippen molar-refractivity contribution in [1.29, 1.82) is 0 Å². The molecule has 2 heterocycles. The number of hydrogen-bond acceptors (Lipinski definition) is 7. The molecule has 2 aromatic heterocycles. The third kappa shape index (κ3) is 4.40. The van der Waals surface area contributed by atoms with Crippen molar-refractivity contribution in [2.45, 2.75) is 26.5 Å². The molecular formula is C16H18N6O3. The standard InChI is InChI=1S/C16H18N6O3/c1-11(24-13-6-4-3-5-7-13)15(23)17-8-9-22-10-14(19-21-22)16-18-12(2)20-25-16/h3-7,10-11H,8-9H2,1-2H3,(H,17,23)/t11-/m1/s1. The number of benzene rings is 1. The minimum Gasteiger partial charge on any atom is -0.481 e. The molecule has 1 aromatic carbocycles. The van der Waals surface area contributed by atoms with Crippen LogP contribution in [-0.2, 0) is 11.3 Å². The predicted molar refractivity (Wildman–Crippen MR) is 87.6 cm³/mol. The Kier molecular flexibility index (Phi) is 5.03. The molecule has 0 bridgehead atoms. The quantitative estimate of drug-likeness (QED) is 0.687. The van der Waals surface area contributed by atoms with Crippen LogP contribution in [0.1, 0.15) is 12.7 Å². The van der Waals surface area contributed by atoms with Gasteiger partial charge in [-0.1, -0.05) is 28.6 Å². The summed E-state index contributed by atoms with van der Waals surface area (Å²) in [6, 6.07) is 9.21. The Balaban J connectivity index is 1.46. The van der Waals surface area contributed by atoms with Crippen molar-refractivity contribution in [2.24, 2.45) is 0 Å². The normalized spacial score (nSPS) is 11.9. The number of nitrogens with zero attached hydrogens (tertiary/aromatic N) is 5. The summed E-state index contributed by atoms with van der Waals surface area (Å²) in [5.74, 6) is 1.31. The number of para-hydroxylation sites is 1. The molecule has 0 spiro atoms. The summed E-state index contributed by atoms with van der Waals surface area (Å²) in [6.07, 6.45) is 1.10. The van der Waals surface area contributed by atoms with Crippen molar-refractivity contribution in [3.63, 3.8) is 0 Å². The number of amides is 1. The molecule has 1 atom stereocenters. The summed E-state index contributed by atoms with van der Waals surface area (Å²) in [4.78, 5) is 16.1. The molecule has 3 aromatic rings. The van der Waals surface area contributed by atoms with E-state index >= 15 is 0 Å². The first kappa shape index (κ1) is 16.6. The Morgan fingerprint density at radius 1 is 1.36 bits per heavy atom. The van der Waals surface area contributed by atoms with Crippen LogP contribution in [0, 0.1) is 6.92 Å². The van der Waals surface area contributed by atoms with Crippen molar-refractivity contribution < 1.29 is 14.1 Å². The smallest absolute Gasteiger partial charge is 0.280 e. The highest BCUT2D eigenvalue weighted by Crippen LogP contribution is 2.12. The molecule has 1 amide bonds. The molecule has 9 heteroatoms. The Hall–Kier alpha value is -3.23. The van der Waals surface area contributed by atoms with Gasteiger partial charge >= 0.3 is 0 Å². The average molecular weight is 342 g/mol. The third-order valence-electron chi connectivity index (χ3n) is 3.35. The number of carbonyl (C=O) groups is 1. The maximum Gasteiger partial charge on any atom is 0.280 e. The lowest BCUT2D eigenvalue weighted by atomic mass is 10.3. The fraction of sp³-hybridized carbons (Fsp3) is 0.312. The highest BCUT2D eigenvalue weighted by atomic mass is 16.5. The van der Waals surface area contributed by atoms with Crippen LogP contribution < -0.4 is 10.1 Å². The summed E-state index contributed by atoms with van der Waals surface area (Å²) < 4.78 is 12.2. The number of aryl methyl sites for hydroxylation is 1. The van der Waals surface area contributed by atoms with E-state index in [1.54, 1.807) is 36.9 Å². The van der Waals surface area contributed by atoms with Gasteiger partial charge in [0.1, 0.15) is 5.75 Å². The largest absolute Gasteiger partial charge is 0.481 e.